The molecule has 13 heteroatoms. The molecule has 3 heterocycles. The molecule has 0 aliphatic rings. The number of hydrogen-bond acceptors (Lipinski definition) is 8. The van der Waals surface area contributed by atoms with Crippen LogP contribution in [0.15, 0.2) is 24.7 Å². The van der Waals surface area contributed by atoms with Crippen LogP contribution in [0, 0.1) is 6.92 Å². The molecule has 0 aliphatic heterocycles. The Balaban J connectivity index is 1.93. The second kappa shape index (κ2) is 6.09. The first kappa shape index (κ1) is 17.8. The van der Waals surface area contributed by atoms with Gasteiger partial charge >= 0.3 is 15.6 Å². The third kappa shape index (κ3) is 3.51. The van der Waals surface area contributed by atoms with Gasteiger partial charge in [-0.2, -0.15) is 31.7 Å². The topological polar surface area (TPSA) is 112 Å². The summed E-state index contributed by atoms with van der Waals surface area (Å²) in [6.45, 7) is 1.30. The van der Waals surface area contributed by atoms with Gasteiger partial charge in [-0.1, -0.05) is 0 Å². The van der Waals surface area contributed by atoms with E-state index in [9.17, 15) is 21.6 Å². The van der Waals surface area contributed by atoms with Gasteiger partial charge in [0, 0.05) is 24.8 Å². The summed E-state index contributed by atoms with van der Waals surface area (Å²) in [5.41, 5.74) is -4.83. The van der Waals surface area contributed by atoms with Gasteiger partial charge in [0.25, 0.3) is 0 Å². The predicted molar refractivity (Wildman–Crippen MR) is 84.2 cm³/mol. The average molecular weight is 388 g/mol. The standard InChI is InChI=1S/C13H11F3N6O3S/c1-7-10(25-26(23,24)13(14,15)16)3-8-4-17-12(21-11(8)19-7)20-9-5-18-22(2)6-9/h3-6H,1-2H3,(H,17,19,20,21). The van der Waals surface area contributed by atoms with Crippen LogP contribution in [0.4, 0.5) is 24.8 Å². The number of pyridine rings is 1. The van der Waals surface area contributed by atoms with Crippen molar-refractivity contribution in [3.8, 4) is 5.75 Å². The van der Waals surface area contributed by atoms with Crippen molar-refractivity contribution in [3.05, 3.63) is 30.4 Å². The van der Waals surface area contributed by atoms with Crippen molar-refractivity contribution in [1.82, 2.24) is 24.7 Å². The van der Waals surface area contributed by atoms with E-state index in [1.54, 1.807) is 24.1 Å². The number of rotatable bonds is 4. The molecule has 0 spiro atoms. The maximum absolute atomic E-state index is 12.5. The molecule has 3 aromatic heterocycles. The van der Waals surface area contributed by atoms with Crippen molar-refractivity contribution in [3.63, 3.8) is 0 Å². The number of aromatic nitrogens is 5. The maximum Gasteiger partial charge on any atom is 0.534 e. The van der Waals surface area contributed by atoms with Gasteiger partial charge in [-0.05, 0) is 13.0 Å². The first-order valence-corrected chi connectivity index (χ1v) is 8.37. The van der Waals surface area contributed by atoms with E-state index in [0.717, 1.165) is 6.07 Å². The van der Waals surface area contributed by atoms with Crippen LogP contribution >= 0.6 is 0 Å². The SMILES string of the molecule is Cc1nc2nc(Nc3cnn(C)c3)ncc2cc1OS(=O)(=O)C(F)(F)F. The molecule has 0 aromatic carbocycles. The van der Waals surface area contributed by atoms with Crippen molar-refractivity contribution in [2.45, 2.75) is 12.4 Å². The molecule has 0 bridgehead atoms. The van der Waals surface area contributed by atoms with E-state index in [1.807, 2.05) is 0 Å². The summed E-state index contributed by atoms with van der Waals surface area (Å²) in [6.07, 6.45) is 4.51. The molecule has 0 fully saturated rings. The zero-order chi connectivity index (χ0) is 19.1. The fraction of sp³-hybridized carbons (Fsp3) is 0.231. The fourth-order valence-electron chi connectivity index (χ4n) is 1.96. The van der Waals surface area contributed by atoms with Crippen LogP contribution in [0.2, 0.25) is 0 Å². The number of nitrogens with zero attached hydrogens (tertiary/aromatic N) is 5. The molecule has 0 saturated heterocycles. The van der Waals surface area contributed by atoms with Gasteiger partial charge in [0.05, 0.1) is 17.6 Å². The van der Waals surface area contributed by atoms with Crippen molar-refractivity contribution in [2.24, 2.45) is 7.05 Å². The summed E-state index contributed by atoms with van der Waals surface area (Å²) in [6, 6.07) is 1.08. The van der Waals surface area contributed by atoms with Crippen LogP contribution in [0.3, 0.4) is 0 Å². The van der Waals surface area contributed by atoms with Crippen LogP contribution in [-0.4, -0.2) is 38.7 Å². The highest BCUT2D eigenvalue weighted by Crippen LogP contribution is 2.30. The van der Waals surface area contributed by atoms with E-state index in [4.69, 9.17) is 0 Å². The van der Waals surface area contributed by atoms with Crippen molar-refractivity contribution in [1.29, 1.82) is 0 Å². The lowest BCUT2D eigenvalue weighted by atomic mass is 10.3. The molecule has 26 heavy (non-hydrogen) atoms. The van der Waals surface area contributed by atoms with Gasteiger partial charge in [-0.3, -0.25) is 4.68 Å². The maximum atomic E-state index is 12.5. The number of hydrogen-bond donors (Lipinski definition) is 1. The highest BCUT2D eigenvalue weighted by molar-refractivity contribution is 7.88. The lowest BCUT2D eigenvalue weighted by Crippen LogP contribution is -2.28. The molecule has 1 N–H and O–H groups in total. The van der Waals surface area contributed by atoms with Crippen molar-refractivity contribution < 1.29 is 25.8 Å². The van der Waals surface area contributed by atoms with E-state index >= 15 is 0 Å². The molecular formula is C13H11F3N6O3S. The number of nitrogens with one attached hydrogen (secondary N) is 1. The Hall–Kier alpha value is -2.96. The molecule has 0 amide bonds. The zero-order valence-electron chi connectivity index (χ0n) is 13.3. The minimum absolute atomic E-state index is 0.0728. The van der Waals surface area contributed by atoms with Gasteiger partial charge < -0.3 is 9.50 Å². The Bertz CT molecular complexity index is 1080. The van der Waals surface area contributed by atoms with Gasteiger partial charge in [0.2, 0.25) is 5.95 Å². The third-order valence-electron chi connectivity index (χ3n) is 3.16. The third-order valence-corrected chi connectivity index (χ3v) is 4.12. The summed E-state index contributed by atoms with van der Waals surface area (Å²) in [5.74, 6) is -0.361. The van der Waals surface area contributed by atoms with Crippen LogP contribution in [0.5, 0.6) is 5.75 Å². The minimum atomic E-state index is -5.79. The Morgan fingerprint density at radius 2 is 1.96 bits per heavy atom. The quantitative estimate of drug-likeness (QED) is 0.534. The molecule has 0 aliphatic carbocycles. The first-order chi connectivity index (χ1) is 12.0. The first-order valence-electron chi connectivity index (χ1n) is 6.96. The number of aryl methyl sites for hydroxylation is 2. The normalized spacial score (nSPS) is 12.3. The second-order valence-corrected chi connectivity index (χ2v) is 6.73. The monoisotopic (exact) mass is 388 g/mol. The van der Waals surface area contributed by atoms with Gasteiger partial charge in [-0.15, -0.1) is 0 Å². The molecule has 0 unspecified atom stereocenters. The molecule has 3 aromatic rings. The Morgan fingerprint density at radius 3 is 2.58 bits per heavy atom. The summed E-state index contributed by atoms with van der Waals surface area (Å²) < 4.78 is 65.4. The minimum Gasteiger partial charge on any atom is -0.374 e. The van der Waals surface area contributed by atoms with Gasteiger partial charge in [0.1, 0.15) is 0 Å². The van der Waals surface area contributed by atoms with Crippen LogP contribution in [0.1, 0.15) is 5.69 Å². The fourth-order valence-corrected chi connectivity index (χ4v) is 2.46. The van der Waals surface area contributed by atoms with E-state index in [-0.39, 0.29) is 22.7 Å². The largest absolute Gasteiger partial charge is 0.534 e. The lowest BCUT2D eigenvalue weighted by Gasteiger charge is -2.11. The van der Waals surface area contributed by atoms with Crippen LogP contribution in [0.25, 0.3) is 11.0 Å². The molecule has 138 valence electrons. The van der Waals surface area contributed by atoms with Crippen molar-refractivity contribution in [2.75, 3.05) is 5.32 Å². The van der Waals surface area contributed by atoms with Gasteiger partial charge in [-0.25, -0.2) is 9.97 Å². The molecule has 3 rings (SSSR count). The molecule has 0 radical (unpaired) electrons. The van der Waals surface area contributed by atoms with E-state index < -0.39 is 21.4 Å². The molecule has 0 atom stereocenters. The summed E-state index contributed by atoms with van der Waals surface area (Å²) in [5, 5.41) is 7.07. The second-order valence-electron chi connectivity index (χ2n) is 5.19. The molecular weight excluding hydrogens is 377 g/mol. The Labute approximate surface area is 145 Å². The highest BCUT2D eigenvalue weighted by Gasteiger charge is 2.48. The van der Waals surface area contributed by atoms with Gasteiger partial charge in [0.15, 0.2) is 11.4 Å². The zero-order valence-corrected chi connectivity index (χ0v) is 14.1. The van der Waals surface area contributed by atoms with Crippen molar-refractivity contribution >= 4 is 32.8 Å². The van der Waals surface area contributed by atoms with E-state index in [1.165, 1.54) is 13.1 Å². The average Bonchev–Trinajstić information content (AvgIpc) is 2.92. The lowest BCUT2D eigenvalue weighted by molar-refractivity contribution is -0.0500. The highest BCUT2D eigenvalue weighted by atomic mass is 32.2. The van der Waals surface area contributed by atoms with E-state index in [0.29, 0.717) is 5.69 Å². The Kier molecular flexibility index (Phi) is 4.18. The van der Waals surface area contributed by atoms with Crippen LogP contribution < -0.4 is 9.50 Å². The Morgan fingerprint density at radius 1 is 1.23 bits per heavy atom. The summed E-state index contributed by atoms with van der Waals surface area (Å²) in [4.78, 5) is 12.1. The molecule has 9 nitrogen and oxygen atoms in total. The predicted octanol–water partition coefficient (Wildman–Crippen LogP) is 2.04. The summed E-state index contributed by atoms with van der Waals surface area (Å²) >= 11 is 0. The summed E-state index contributed by atoms with van der Waals surface area (Å²) in [7, 11) is -4.06. The van der Waals surface area contributed by atoms with E-state index in [2.05, 4.69) is 29.6 Å². The smallest absolute Gasteiger partial charge is 0.374 e. The number of fused-ring (bicyclic) bond motifs is 1. The van der Waals surface area contributed by atoms with Crippen LogP contribution in [-0.2, 0) is 17.2 Å². The molecule has 0 saturated carbocycles. The number of anilines is 2. The number of alkyl halides is 3. The number of halogens is 3.